The number of fused-ring (bicyclic) bond motifs is 1. The van der Waals surface area contributed by atoms with E-state index in [0.717, 1.165) is 28.9 Å². The molecule has 0 saturated carbocycles. The molecule has 2 heterocycles. The number of anilines is 1. The zero-order chi connectivity index (χ0) is 20.9. The topological polar surface area (TPSA) is 59.0 Å². The van der Waals surface area contributed by atoms with E-state index in [2.05, 4.69) is 52.4 Å². The number of nitrogens with zero attached hydrogens (tertiary/aromatic N) is 2. The van der Waals surface area contributed by atoms with Crippen LogP contribution < -0.4 is 10.6 Å². The maximum Gasteiger partial charge on any atom is 0.320 e. The van der Waals surface area contributed by atoms with E-state index in [-0.39, 0.29) is 12.1 Å². The van der Waals surface area contributed by atoms with Crippen LogP contribution >= 0.6 is 0 Å². The highest BCUT2D eigenvalue weighted by Gasteiger charge is 2.18. The molecule has 0 fully saturated rings. The zero-order valence-corrected chi connectivity index (χ0v) is 17.2. The number of aromatic nitrogens is 2. The molecule has 0 saturated heterocycles. The van der Waals surface area contributed by atoms with Gasteiger partial charge in [0.25, 0.3) is 0 Å². The molecular formula is C25H26N4O. The van der Waals surface area contributed by atoms with Crippen molar-refractivity contribution >= 4 is 22.6 Å². The number of carbonyl (C=O) groups excluding carboxylic acids is 1. The van der Waals surface area contributed by atoms with Crippen LogP contribution in [0.3, 0.4) is 0 Å². The fraction of sp³-hybridized carbons (Fsp3) is 0.200. The second-order valence-electron chi connectivity index (χ2n) is 7.83. The van der Waals surface area contributed by atoms with Gasteiger partial charge in [0, 0.05) is 35.5 Å². The number of hydrogen-bond acceptors (Lipinski definition) is 2. The minimum Gasteiger partial charge on any atom is -0.347 e. The molecule has 0 spiro atoms. The normalized spacial score (nSPS) is 12.1. The van der Waals surface area contributed by atoms with Gasteiger partial charge in [-0.05, 0) is 47.9 Å². The molecule has 2 aromatic heterocycles. The Labute approximate surface area is 176 Å². The van der Waals surface area contributed by atoms with E-state index >= 15 is 0 Å². The van der Waals surface area contributed by atoms with Crippen molar-refractivity contribution < 1.29 is 4.79 Å². The van der Waals surface area contributed by atoms with E-state index in [4.69, 9.17) is 0 Å². The average molecular weight is 399 g/mol. The number of urea groups is 1. The molecule has 2 aromatic carbocycles. The lowest BCUT2D eigenvalue weighted by atomic mass is 10.0. The predicted molar refractivity (Wildman–Crippen MR) is 121 cm³/mol. The summed E-state index contributed by atoms with van der Waals surface area (Å²) in [6.07, 6.45) is 3.83. The van der Waals surface area contributed by atoms with Gasteiger partial charge in [-0.3, -0.25) is 4.98 Å². The quantitative estimate of drug-likeness (QED) is 0.444. The van der Waals surface area contributed by atoms with E-state index in [9.17, 15) is 4.79 Å². The first-order valence-corrected chi connectivity index (χ1v) is 10.2. The van der Waals surface area contributed by atoms with Crippen molar-refractivity contribution in [3.63, 3.8) is 0 Å². The molecule has 2 amide bonds. The highest BCUT2D eigenvalue weighted by atomic mass is 16.2. The minimum absolute atomic E-state index is 0.268. The predicted octanol–water partition coefficient (Wildman–Crippen LogP) is 5.60. The van der Waals surface area contributed by atoms with Gasteiger partial charge in [0.1, 0.15) is 0 Å². The molecule has 2 N–H and O–H groups in total. The molecule has 4 aromatic rings. The lowest BCUT2D eigenvalue weighted by molar-refractivity contribution is 0.250. The van der Waals surface area contributed by atoms with Crippen LogP contribution in [0.5, 0.6) is 0 Å². The van der Waals surface area contributed by atoms with Gasteiger partial charge in [-0.1, -0.05) is 50.2 Å². The maximum absolute atomic E-state index is 12.8. The van der Waals surface area contributed by atoms with Crippen LogP contribution in [0.25, 0.3) is 10.9 Å². The number of amides is 2. The Morgan fingerprint density at radius 3 is 2.53 bits per heavy atom. The van der Waals surface area contributed by atoms with Crippen LogP contribution in [0.15, 0.2) is 85.2 Å². The molecule has 1 unspecified atom stereocenters. The highest BCUT2D eigenvalue weighted by molar-refractivity contribution is 5.93. The van der Waals surface area contributed by atoms with Crippen LogP contribution in [0.4, 0.5) is 10.5 Å². The fourth-order valence-electron chi connectivity index (χ4n) is 3.65. The second-order valence-corrected chi connectivity index (χ2v) is 7.83. The Kier molecular flexibility index (Phi) is 5.80. The molecule has 0 aliphatic carbocycles. The lowest BCUT2D eigenvalue weighted by Gasteiger charge is -2.19. The summed E-state index contributed by atoms with van der Waals surface area (Å²) in [7, 11) is 0. The highest BCUT2D eigenvalue weighted by Crippen LogP contribution is 2.23. The van der Waals surface area contributed by atoms with Crippen LogP contribution in [0.2, 0.25) is 0 Å². The van der Waals surface area contributed by atoms with Crippen LogP contribution in [-0.2, 0) is 6.54 Å². The third kappa shape index (κ3) is 4.51. The van der Waals surface area contributed by atoms with Crippen molar-refractivity contribution in [1.82, 2.24) is 14.9 Å². The number of rotatable bonds is 6. The van der Waals surface area contributed by atoms with Gasteiger partial charge in [-0.25, -0.2) is 4.79 Å². The first-order chi connectivity index (χ1) is 14.6. The number of carbonyl (C=O) groups is 1. The number of pyridine rings is 1. The minimum atomic E-state index is -0.330. The molecule has 4 rings (SSSR count). The van der Waals surface area contributed by atoms with Crippen LogP contribution in [-0.4, -0.2) is 15.6 Å². The van der Waals surface area contributed by atoms with E-state index in [0.29, 0.717) is 5.92 Å². The van der Waals surface area contributed by atoms with Crippen molar-refractivity contribution in [2.45, 2.75) is 26.4 Å². The van der Waals surface area contributed by atoms with E-state index in [1.807, 2.05) is 60.7 Å². The van der Waals surface area contributed by atoms with Gasteiger partial charge >= 0.3 is 6.03 Å². The summed E-state index contributed by atoms with van der Waals surface area (Å²) in [6, 6.07) is 23.1. The van der Waals surface area contributed by atoms with Gasteiger partial charge in [0.05, 0.1) is 11.7 Å². The third-order valence-electron chi connectivity index (χ3n) is 4.98. The smallest absolute Gasteiger partial charge is 0.320 e. The van der Waals surface area contributed by atoms with Gasteiger partial charge in [0.15, 0.2) is 0 Å². The SMILES string of the molecule is CC(C)Cn1ccc2cc(NC(=O)NC(c3ccccc3)c3ccccn3)ccc21. The summed E-state index contributed by atoms with van der Waals surface area (Å²) in [5.41, 5.74) is 3.70. The summed E-state index contributed by atoms with van der Waals surface area (Å²) in [6.45, 7) is 5.38. The van der Waals surface area contributed by atoms with Gasteiger partial charge < -0.3 is 15.2 Å². The Hall–Kier alpha value is -3.60. The van der Waals surface area contributed by atoms with Gasteiger partial charge in [-0.15, -0.1) is 0 Å². The van der Waals surface area contributed by atoms with E-state index in [1.54, 1.807) is 6.20 Å². The molecule has 0 radical (unpaired) electrons. The number of nitrogens with one attached hydrogen (secondary N) is 2. The summed E-state index contributed by atoms with van der Waals surface area (Å²) in [4.78, 5) is 17.2. The largest absolute Gasteiger partial charge is 0.347 e. The first-order valence-electron chi connectivity index (χ1n) is 10.2. The maximum atomic E-state index is 12.8. The molecular weight excluding hydrogens is 372 g/mol. The third-order valence-corrected chi connectivity index (χ3v) is 4.98. The number of hydrogen-bond donors (Lipinski definition) is 2. The van der Waals surface area contributed by atoms with Crippen molar-refractivity contribution in [2.24, 2.45) is 5.92 Å². The van der Waals surface area contributed by atoms with E-state index in [1.165, 1.54) is 5.52 Å². The Morgan fingerprint density at radius 1 is 1.00 bits per heavy atom. The van der Waals surface area contributed by atoms with Crippen LogP contribution in [0.1, 0.15) is 31.1 Å². The first kappa shape index (κ1) is 19.7. The summed E-state index contributed by atoms with van der Waals surface area (Å²) >= 11 is 0. The number of benzene rings is 2. The second kappa shape index (κ2) is 8.82. The molecule has 0 aliphatic heterocycles. The standard InChI is InChI=1S/C25H26N4O/c1-18(2)17-29-15-13-20-16-21(11-12-23(20)29)27-25(30)28-24(19-8-4-3-5-9-19)22-10-6-7-14-26-22/h3-16,18,24H,17H2,1-2H3,(H2,27,28,30). The molecule has 30 heavy (non-hydrogen) atoms. The lowest BCUT2D eigenvalue weighted by Crippen LogP contribution is -2.33. The monoisotopic (exact) mass is 398 g/mol. The summed E-state index contributed by atoms with van der Waals surface area (Å²) in [5.74, 6) is 0.575. The Bertz CT molecular complexity index is 1080. The molecule has 152 valence electrons. The molecule has 0 bridgehead atoms. The Morgan fingerprint density at radius 2 is 1.80 bits per heavy atom. The van der Waals surface area contributed by atoms with Crippen molar-refractivity contribution in [1.29, 1.82) is 0 Å². The average Bonchev–Trinajstić information content (AvgIpc) is 3.14. The summed E-state index contributed by atoms with van der Waals surface area (Å²) < 4.78 is 2.25. The van der Waals surface area contributed by atoms with Crippen molar-refractivity contribution in [3.05, 3.63) is 96.4 Å². The van der Waals surface area contributed by atoms with Crippen molar-refractivity contribution in [3.8, 4) is 0 Å². The zero-order valence-electron chi connectivity index (χ0n) is 17.2. The molecule has 0 aliphatic rings. The van der Waals surface area contributed by atoms with Gasteiger partial charge in [0.2, 0.25) is 0 Å². The molecule has 1 atom stereocenters. The summed E-state index contributed by atoms with van der Waals surface area (Å²) in [5, 5.41) is 7.14. The molecule has 5 heteroatoms. The van der Waals surface area contributed by atoms with Gasteiger partial charge in [-0.2, -0.15) is 0 Å². The van der Waals surface area contributed by atoms with Crippen molar-refractivity contribution in [2.75, 3.05) is 5.32 Å². The Balaban J connectivity index is 1.52. The molecule has 5 nitrogen and oxygen atoms in total. The fourth-order valence-corrected chi connectivity index (χ4v) is 3.65. The van der Waals surface area contributed by atoms with Crippen LogP contribution in [0, 0.1) is 5.92 Å². The van der Waals surface area contributed by atoms with E-state index < -0.39 is 0 Å².